The third-order valence-corrected chi connectivity index (χ3v) is 3.44. The number of rotatable bonds is 5. The van der Waals surface area contributed by atoms with Gasteiger partial charge in [0.1, 0.15) is 35.9 Å². The van der Waals surface area contributed by atoms with Crippen LogP contribution in [0.3, 0.4) is 0 Å². The van der Waals surface area contributed by atoms with Crippen LogP contribution in [0, 0.1) is 0 Å². The second-order valence-corrected chi connectivity index (χ2v) is 4.96. The zero-order valence-electron chi connectivity index (χ0n) is 12.3. The lowest BCUT2D eigenvalue weighted by Gasteiger charge is -2.38. The Hall–Kier alpha value is -1.91. The molecule has 0 aromatic heterocycles. The van der Waals surface area contributed by atoms with Crippen LogP contribution in [0.1, 0.15) is 5.56 Å². The molecule has 0 saturated carbocycles. The van der Waals surface area contributed by atoms with Crippen LogP contribution in [0.25, 0.3) is 0 Å². The van der Waals surface area contributed by atoms with Gasteiger partial charge in [-0.1, -0.05) is 5.16 Å². The number of hydrogen-bond acceptors (Lipinski definition) is 9. The number of ether oxygens (including phenoxy) is 2. The maximum atomic E-state index is 9.76. The first-order valence-corrected chi connectivity index (χ1v) is 6.84. The van der Waals surface area contributed by atoms with Gasteiger partial charge in [0.25, 0.3) is 6.29 Å². The normalized spacial score (nSPS) is 31.3. The van der Waals surface area contributed by atoms with E-state index in [4.69, 9.17) is 19.4 Å². The van der Waals surface area contributed by atoms with Crippen LogP contribution < -0.4 is 4.74 Å². The highest BCUT2D eigenvalue weighted by Crippen LogP contribution is 2.23. The lowest BCUT2D eigenvalue weighted by atomic mass is 9.99. The van der Waals surface area contributed by atoms with Crippen molar-refractivity contribution in [2.45, 2.75) is 30.7 Å². The molecule has 3 unspecified atom stereocenters. The van der Waals surface area contributed by atoms with E-state index in [-0.39, 0.29) is 5.75 Å². The first-order chi connectivity index (χ1) is 11.0. The third-order valence-electron chi connectivity index (χ3n) is 3.44. The summed E-state index contributed by atoms with van der Waals surface area (Å²) >= 11 is 0. The molecule has 23 heavy (non-hydrogen) atoms. The minimum Gasteiger partial charge on any atom is -0.507 e. The number of nitrogens with zero attached hydrogens (tertiary/aromatic N) is 1. The highest BCUT2D eigenvalue weighted by molar-refractivity contribution is 5.83. The molecule has 128 valence electrons. The summed E-state index contributed by atoms with van der Waals surface area (Å²) < 4.78 is 10.1. The third kappa shape index (κ3) is 3.89. The number of phenolic OH excluding ortho intramolecular Hbond substituents is 1. The zero-order valence-corrected chi connectivity index (χ0v) is 12.3. The Labute approximate surface area is 132 Å². The van der Waals surface area contributed by atoms with Crippen molar-refractivity contribution >= 4 is 6.21 Å². The van der Waals surface area contributed by atoms with Crippen molar-refractivity contribution in [1.82, 2.24) is 0 Å². The smallest absolute Gasteiger partial charge is 0.256 e. The standard InChI is InChI=1S/C14H19NO8/c1-21-8-3-2-7(9(17)4-8)5-15-23-14-13(20)12(19)11(18)10(6-16)22-14/h2-5,10-14,16-20H,6H2,1H3/b15-5+/t10?,11?,12-,13?,14-/m0/s1. The maximum Gasteiger partial charge on any atom is 0.256 e. The molecular formula is C14H19NO8. The Morgan fingerprint density at radius 1 is 1.22 bits per heavy atom. The average molecular weight is 329 g/mol. The van der Waals surface area contributed by atoms with Gasteiger partial charge in [-0.3, -0.25) is 0 Å². The molecule has 1 aliphatic heterocycles. The summed E-state index contributed by atoms with van der Waals surface area (Å²) in [5.41, 5.74) is 0.329. The molecule has 0 radical (unpaired) electrons. The molecule has 0 aliphatic carbocycles. The van der Waals surface area contributed by atoms with Crippen molar-refractivity contribution in [1.29, 1.82) is 0 Å². The molecule has 5 atom stereocenters. The Bertz CT molecular complexity index is 550. The Morgan fingerprint density at radius 2 is 1.96 bits per heavy atom. The summed E-state index contributed by atoms with van der Waals surface area (Å²) in [6.45, 7) is -0.562. The number of aromatic hydroxyl groups is 1. The van der Waals surface area contributed by atoms with Gasteiger partial charge in [0, 0.05) is 11.6 Å². The molecular weight excluding hydrogens is 310 g/mol. The maximum absolute atomic E-state index is 9.76. The first-order valence-electron chi connectivity index (χ1n) is 6.84. The first kappa shape index (κ1) is 17.4. The summed E-state index contributed by atoms with van der Waals surface area (Å²) in [5.74, 6) is 0.375. The highest BCUT2D eigenvalue weighted by atomic mass is 16.8. The fraction of sp³-hybridized carbons (Fsp3) is 0.500. The van der Waals surface area contributed by atoms with Gasteiger partial charge in [0.05, 0.1) is 19.9 Å². The van der Waals surface area contributed by atoms with Gasteiger partial charge in [0.2, 0.25) is 0 Å². The van der Waals surface area contributed by atoms with Crippen LogP contribution in [0.4, 0.5) is 0 Å². The summed E-state index contributed by atoms with van der Waals surface area (Å²) in [7, 11) is 1.46. The van der Waals surface area contributed by atoms with E-state index in [2.05, 4.69) is 5.16 Å². The summed E-state index contributed by atoms with van der Waals surface area (Å²) in [5, 5.41) is 51.4. The Balaban J connectivity index is 2.01. The number of hydrogen-bond donors (Lipinski definition) is 5. The largest absolute Gasteiger partial charge is 0.507 e. The second-order valence-electron chi connectivity index (χ2n) is 4.96. The molecule has 1 aromatic carbocycles. The molecule has 1 heterocycles. The van der Waals surface area contributed by atoms with Crippen LogP contribution in [-0.2, 0) is 9.57 Å². The predicted molar refractivity (Wildman–Crippen MR) is 77.1 cm³/mol. The lowest BCUT2D eigenvalue weighted by Crippen LogP contribution is -2.58. The fourth-order valence-corrected chi connectivity index (χ4v) is 2.06. The van der Waals surface area contributed by atoms with Crippen LogP contribution >= 0.6 is 0 Å². The second kappa shape index (κ2) is 7.57. The van der Waals surface area contributed by atoms with E-state index >= 15 is 0 Å². The predicted octanol–water partition coefficient (Wildman–Crippen LogP) is -1.45. The van der Waals surface area contributed by atoms with Crippen molar-refractivity contribution in [2.75, 3.05) is 13.7 Å². The van der Waals surface area contributed by atoms with E-state index in [0.717, 1.165) is 0 Å². The van der Waals surface area contributed by atoms with Gasteiger partial charge >= 0.3 is 0 Å². The van der Waals surface area contributed by atoms with Gasteiger partial charge < -0.3 is 39.8 Å². The molecule has 1 aliphatic rings. The van der Waals surface area contributed by atoms with E-state index in [9.17, 15) is 20.4 Å². The van der Waals surface area contributed by atoms with Crippen molar-refractivity contribution in [3.05, 3.63) is 23.8 Å². The van der Waals surface area contributed by atoms with Crippen LogP contribution in [0.2, 0.25) is 0 Å². The Kier molecular flexibility index (Phi) is 5.74. The van der Waals surface area contributed by atoms with E-state index in [1.807, 2.05) is 0 Å². The van der Waals surface area contributed by atoms with Crippen LogP contribution in [-0.4, -0.2) is 76.2 Å². The van der Waals surface area contributed by atoms with Crippen molar-refractivity contribution < 1.29 is 39.8 Å². The van der Waals surface area contributed by atoms with E-state index in [1.54, 1.807) is 6.07 Å². The molecule has 1 saturated heterocycles. The van der Waals surface area contributed by atoms with Crippen molar-refractivity contribution in [3.63, 3.8) is 0 Å². The number of aliphatic hydroxyl groups is 4. The van der Waals surface area contributed by atoms with Gasteiger partial charge in [0.15, 0.2) is 0 Å². The van der Waals surface area contributed by atoms with Gasteiger partial charge in [-0.05, 0) is 12.1 Å². The SMILES string of the molecule is COc1ccc(/C=N/O[C@@H]2OC(CO)C(O)[C@H](O)C2O)c(O)c1. The van der Waals surface area contributed by atoms with Crippen LogP contribution in [0.15, 0.2) is 23.4 Å². The average Bonchev–Trinajstić information content (AvgIpc) is 2.56. The van der Waals surface area contributed by atoms with Crippen LogP contribution in [0.5, 0.6) is 11.5 Å². The summed E-state index contributed by atoms with van der Waals surface area (Å²) in [4.78, 5) is 4.93. The quantitative estimate of drug-likeness (QED) is 0.326. The van der Waals surface area contributed by atoms with Crippen molar-refractivity contribution in [2.24, 2.45) is 5.16 Å². The van der Waals surface area contributed by atoms with E-state index in [0.29, 0.717) is 11.3 Å². The van der Waals surface area contributed by atoms with E-state index < -0.39 is 37.3 Å². The number of phenols is 1. The minimum atomic E-state index is -1.55. The van der Waals surface area contributed by atoms with Gasteiger partial charge in [-0.25, -0.2) is 0 Å². The molecule has 0 bridgehead atoms. The Morgan fingerprint density at radius 3 is 2.57 bits per heavy atom. The molecule has 1 aromatic rings. The molecule has 2 rings (SSSR count). The summed E-state index contributed by atoms with van der Waals surface area (Å²) in [6, 6.07) is 4.53. The lowest BCUT2D eigenvalue weighted by molar-refractivity contribution is -0.301. The fourth-order valence-electron chi connectivity index (χ4n) is 2.06. The molecule has 9 heteroatoms. The minimum absolute atomic E-state index is 0.0921. The molecule has 5 N–H and O–H groups in total. The molecule has 9 nitrogen and oxygen atoms in total. The molecule has 0 spiro atoms. The number of aliphatic hydroxyl groups excluding tert-OH is 4. The zero-order chi connectivity index (χ0) is 17.0. The number of oxime groups is 1. The van der Waals surface area contributed by atoms with Gasteiger partial charge in [-0.15, -0.1) is 0 Å². The van der Waals surface area contributed by atoms with Crippen molar-refractivity contribution in [3.8, 4) is 11.5 Å². The monoisotopic (exact) mass is 329 g/mol. The van der Waals surface area contributed by atoms with E-state index in [1.165, 1.54) is 25.5 Å². The number of methoxy groups -OCH3 is 1. The van der Waals surface area contributed by atoms with Gasteiger partial charge in [-0.2, -0.15) is 0 Å². The highest BCUT2D eigenvalue weighted by Gasteiger charge is 2.44. The topological polar surface area (TPSA) is 141 Å². The number of benzene rings is 1. The molecule has 1 fully saturated rings. The summed E-state index contributed by atoms with van der Waals surface area (Å²) in [6.07, 6.45) is -5.84. The molecule has 0 amide bonds.